The molecule has 0 aliphatic rings. The maximum Gasteiger partial charge on any atom is 0.0716 e. The smallest absolute Gasteiger partial charge is 0.0716 e. The third-order valence-electron chi connectivity index (χ3n) is 3.67. The van der Waals surface area contributed by atoms with Crippen LogP contribution in [0.2, 0.25) is 0 Å². The number of fused-ring (bicyclic) bond motifs is 1. The Bertz CT molecular complexity index is 781. The molecule has 3 rings (SSSR count). The average Bonchev–Trinajstić information content (AvgIpc) is 2.52. The Morgan fingerprint density at radius 1 is 1.14 bits per heavy atom. The zero-order valence-electron chi connectivity index (χ0n) is 11.7. The Morgan fingerprint density at radius 2 is 2.00 bits per heavy atom. The quantitative estimate of drug-likeness (QED) is 0.561. The maximum absolute atomic E-state index is 5.83. The maximum atomic E-state index is 5.83. The molecule has 0 fully saturated rings. The zero-order chi connectivity index (χ0) is 14.8. The second-order valence-electron chi connectivity index (χ2n) is 5.03. The van der Waals surface area contributed by atoms with Gasteiger partial charge in [0, 0.05) is 16.1 Å². The molecule has 1 unspecified atom stereocenters. The molecule has 0 bridgehead atoms. The number of halogens is 1. The number of pyridine rings is 1. The number of nitrogens with zero attached hydrogens (tertiary/aromatic N) is 1. The summed E-state index contributed by atoms with van der Waals surface area (Å²) in [5.74, 6) is 5.83. The highest BCUT2D eigenvalue weighted by molar-refractivity contribution is 9.10. The van der Waals surface area contributed by atoms with Crippen LogP contribution in [-0.2, 0) is 0 Å². The van der Waals surface area contributed by atoms with Crippen LogP contribution in [0.1, 0.15) is 22.7 Å². The predicted octanol–water partition coefficient (Wildman–Crippen LogP) is 3.86. The van der Waals surface area contributed by atoms with Crippen molar-refractivity contribution >= 4 is 26.8 Å². The molecule has 0 aliphatic carbocycles. The zero-order valence-corrected chi connectivity index (χ0v) is 13.3. The number of rotatable bonds is 3. The van der Waals surface area contributed by atoms with E-state index in [0.29, 0.717) is 0 Å². The van der Waals surface area contributed by atoms with Crippen LogP contribution in [0.25, 0.3) is 10.9 Å². The van der Waals surface area contributed by atoms with Crippen LogP contribution in [0, 0.1) is 6.92 Å². The first-order valence-electron chi connectivity index (χ1n) is 6.76. The summed E-state index contributed by atoms with van der Waals surface area (Å²) in [5, 5.41) is 1.11. The minimum atomic E-state index is -0.0651. The molecule has 0 saturated heterocycles. The molecule has 0 spiro atoms. The van der Waals surface area contributed by atoms with Gasteiger partial charge in [-0.05, 0) is 41.8 Å². The van der Waals surface area contributed by atoms with E-state index in [4.69, 9.17) is 5.84 Å². The van der Waals surface area contributed by atoms with Crippen molar-refractivity contribution in [1.29, 1.82) is 0 Å². The summed E-state index contributed by atoms with van der Waals surface area (Å²) in [6.45, 7) is 2.08. The second-order valence-corrected chi connectivity index (χ2v) is 5.88. The molecule has 3 nitrogen and oxygen atoms in total. The first-order chi connectivity index (χ1) is 10.2. The van der Waals surface area contributed by atoms with E-state index in [1.165, 1.54) is 5.56 Å². The fourth-order valence-electron chi connectivity index (χ4n) is 2.59. The largest absolute Gasteiger partial charge is 0.271 e. The minimum absolute atomic E-state index is 0.0651. The normalized spacial score (nSPS) is 12.5. The molecule has 3 aromatic rings. The van der Waals surface area contributed by atoms with Gasteiger partial charge in [0.1, 0.15) is 0 Å². The summed E-state index contributed by atoms with van der Waals surface area (Å²) in [6, 6.07) is 16.4. The summed E-state index contributed by atoms with van der Waals surface area (Å²) in [5.41, 5.74) is 7.36. The summed E-state index contributed by atoms with van der Waals surface area (Å²) < 4.78 is 1.10. The number of aromatic nitrogens is 1. The monoisotopic (exact) mass is 341 g/mol. The third kappa shape index (κ3) is 2.70. The van der Waals surface area contributed by atoms with Gasteiger partial charge in [0.05, 0.1) is 11.6 Å². The van der Waals surface area contributed by atoms with E-state index in [1.807, 2.05) is 18.2 Å². The van der Waals surface area contributed by atoms with Gasteiger partial charge in [-0.15, -0.1) is 0 Å². The van der Waals surface area contributed by atoms with Crippen LogP contribution in [0.3, 0.4) is 0 Å². The number of hydrogen-bond acceptors (Lipinski definition) is 3. The highest BCUT2D eigenvalue weighted by Crippen LogP contribution is 2.29. The molecule has 0 radical (unpaired) electrons. The second kappa shape index (κ2) is 5.93. The van der Waals surface area contributed by atoms with Gasteiger partial charge in [0.2, 0.25) is 0 Å². The van der Waals surface area contributed by atoms with E-state index in [1.54, 1.807) is 6.20 Å². The fraction of sp³-hybridized carbons (Fsp3) is 0.118. The van der Waals surface area contributed by atoms with Crippen LogP contribution in [0.4, 0.5) is 0 Å². The number of hydrogen-bond donors (Lipinski definition) is 2. The van der Waals surface area contributed by atoms with Crippen molar-refractivity contribution in [3.05, 3.63) is 75.9 Å². The lowest BCUT2D eigenvalue weighted by Crippen LogP contribution is -2.29. The van der Waals surface area contributed by atoms with Gasteiger partial charge in [-0.25, -0.2) is 5.43 Å². The first-order valence-corrected chi connectivity index (χ1v) is 7.56. The number of aryl methyl sites for hydroxylation is 1. The first kappa shape index (κ1) is 14.2. The molecule has 106 valence electrons. The van der Waals surface area contributed by atoms with E-state index in [9.17, 15) is 0 Å². The van der Waals surface area contributed by atoms with Gasteiger partial charge < -0.3 is 0 Å². The average molecular weight is 342 g/mol. The summed E-state index contributed by atoms with van der Waals surface area (Å²) in [4.78, 5) is 4.41. The molecule has 1 aromatic heterocycles. The van der Waals surface area contributed by atoms with Crippen molar-refractivity contribution in [1.82, 2.24) is 10.4 Å². The van der Waals surface area contributed by atoms with Crippen LogP contribution < -0.4 is 11.3 Å². The Balaban J connectivity index is 2.16. The Kier molecular flexibility index (Phi) is 4.01. The third-order valence-corrected chi connectivity index (χ3v) is 4.56. The minimum Gasteiger partial charge on any atom is -0.271 e. The molecular weight excluding hydrogens is 326 g/mol. The van der Waals surface area contributed by atoms with Crippen LogP contribution >= 0.6 is 15.9 Å². The summed E-state index contributed by atoms with van der Waals surface area (Å²) >= 11 is 3.53. The summed E-state index contributed by atoms with van der Waals surface area (Å²) in [6.07, 6.45) is 1.81. The van der Waals surface area contributed by atoms with Gasteiger partial charge >= 0.3 is 0 Å². The summed E-state index contributed by atoms with van der Waals surface area (Å²) in [7, 11) is 0. The standard InChI is InChI=1S/C17H16BrN3/c1-11-10-12(7-8-15(11)18)17(21-19)14-4-2-6-16-13(14)5-3-9-20-16/h2-10,17,21H,19H2,1H3. The Hall–Kier alpha value is -1.75. The number of nitrogens with two attached hydrogens (primary N) is 1. The lowest BCUT2D eigenvalue weighted by Gasteiger charge is -2.19. The van der Waals surface area contributed by atoms with Crippen LogP contribution in [0.15, 0.2) is 59.2 Å². The van der Waals surface area contributed by atoms with E-state index in [-0.39, 0.29) is 6.04 Å². The van der Waals surface area contributed by atoms with E-state index in [0.717, 1.165) is 26.5 Å². The fourth-order valence-corrected chi connectivity index (χ4v) is 2.84. The SMILES string of the molecule is Cc1cc(C(NN)c2cccc3ncccc23)ccc1Br. The van der Waals surface area contributed by atoms with Gasteiger partial charge in [0.25, 0.3) is 0 Å². The molecule has 0 aliphatic heterocycles. The molecule has 4 heteroatoms. The molecule has 21 heavy (non-hydrogen) atoms. The Morgan fingerprint density at radius 3 is 2.76 bits per heavy atom. The van der Waals surface area contributed by atoms with Crippen molar-refractivity contribution in [2.24, 2.45) is 5.84 Å². The highest BCUT2D eigenvalue weighted by atomic mass is 79.9. The highest BCUT2D eigenvalue weighted by Gasteiger charge is 2.16. The molecule has 1 atom stereocenters. The molecule has 0 saturated carbocycles. The number of hydrazine groups is 1. The molecule has 0 amide bonds. The van der Waals surface area contributed by atoms with Crippen molar-refractivity contribution < 1.29 is 0 Å². The molecule has 1 heterocycles. The molecule has 3 N–H and O–H groups in total. The van der Waals surface area contributed by atoms with E-state index >= 15 is 0 Å². The van der Waals surface area contributed by atoms with E-state index < -0.39 is 0 Å². The molecule has 2 aromatic carbocycles. The van der Waals surface area contributed by atoms with Gasteiger partial charge in [-0.2, -0.15) is 0 Å². The van der Waals surface area contributed by atoms with Gasteiger partial charge in [0.15, 0.2) is 0 Å². The lowest BCUT2D eigenvalue weighted by molar-refractivity contribution is 0.640. The number of nitrogens with one attached hydrogen (secondary N) is 1. The number of benzene rings is 2. The van der Waals surface area contributed by atoms with Crippen LogP contribution in [0.5, 0.6) is 0 Å². The van der Waals surface area contributed by atoms with E-state index in [2.05, 4.69) is 63.6 Å². The van der Waals surface area contributed by atoms with Gasteiger partial charge in [-0.1, -0.05) is 46.3 Å². The van der Waals surface area contributed by atoms with Crippen molar-refractivity contribution in [3.63, 3.8) is 0 Å². The topological polar surface area (TPSA) is 50.9 Å². The lowest BCUT2D eigenvalue weighted by atomic mass is 9.95. The van der Waals surface area contributed by atoms with Crippen molar-refractivity contribution in [2.75, 3.05) is 0 Å². The van der Waals surface area contributed by atoms with Crippen LogP contribution in [-0.4, -0.2) is 4.98 Å². The predicted molar refractivity (Wildman–Crippen MR) is 89.8 cm³/mol. The molecular formula is C17H16BrN3. The van der Waals surface area contributed by atoms with Crippen molar-refractivity contribution in [2.45, 2.75) is 13.0 Å². The van der Waals surface area contributed by atoms with Gasteiger partial charge in [-0.3, -0.25) is 10.8 Å². The Labute approximate surface area is 132 Å². The van der Waals surface area contributed by atoms with Crippen molar-refractivity contribution in [3.8, 4) is 0 Å².